The van der Waals surface area contributed by atoms with Gasteiger partial charge in [0, 0.05) is 25.2 Å². The zero-order valence-corrected chi connectivity index (χ0v) is 12.5. The number of piperidine rings is 1. The van der Waals surface area contributed by atoms with Gasteiger partial charge in [-0.2, -0.15) is 0 Å². The molecule has 3 nitrogen and oxygen atoms in total. The van der Waals surface area contributed by atoms with Gasteiger partial charge in [0.25, 0.3) is 0 Å². The van der Waals surface area contributed by atoms with Crippen LogP contribution in [0.1, 0.15) is 34.1 Å². The van der Waals surface area contributed by atoms with Crippen LogP contribution in [0.4, 0.5) is 0 Å². The Hall–Kier alpha value is -0.380. The van der Waals surface area contributed by atoms with Crippen molar-refractivity contribution in [3.8, 4) is 0 Å². The Kier molecular flexibility index (Phi) is 6.90. The Labute approximate surface area is 113 Å². The maximum atomic E-state index is 5.68. The third-order valence-corrected chi connectivity index (χ3v) is 4.16. The Morgan fingerprint density at radius 1 is 1.50 bits per heavy atom. The summed E-state index contributed by atoms with van der Waals surface area (Å²) in [6, 6.07) is 1.29. The van der Waals surface area contributed by atoms with Gasteiger partial charge in [0.15, 0.2) is 0 Å². The summed E-state index contributed by atoms with van der Waals surface area (Å²) in [6.07, 6.45) is 3.35. The van der Waals surface area contributed by atoms with E-state index in [0.717, 1.165) is 13.1 Å². The average molecular weight is 254 g/mol. The lowest BCUT2D eigenvalue weighted by Gasteiger charge is -2.43. The first kappa shape index (κ1) is 15.7. The van der Waals surface area contributed by atoms with Crippen LogP contribution in [0.5, 0.6) is 0 Å². The third kappa shape index (κ3) is 4.38. The van der Waals surface area contributed by atoms with Gasteiger partial charge in [-0.1, -0.05) is 19.9 Å². The first-order chi connectivity index (χ1) is 8.60. The van der Waals surface area contributed by atoms with E-state index in [-0.39, 0.29) is 6.10 Å². The van der Waals surface area contributed by atoms with Crippen molar-refractivity contribution in [3.05, 3.63) is 12.7 Å². The molecule has 0 aromatic rings. The van der Waals surface area contributed by atoms with E-state index < -0.39 is 0 Å². The Balaban J connectivity index is 2.42. The monoisotopic (exact) mass is 254 g/mol. The van der Waals surface area contributed by atoms with Crippen LogP contribution in [0.2, 0.25) is 0 Å². The molecule has 0 aromatic heterocycles. The van der Waals surface area contributed by atoms with E-state index in [1.807, 2.05) is 6.08 Å². The standard InChI is InChI=1S/C15H30N2O/c1-6-10-18-12(3)11-17-9-8-15(16-7-2)13(4)14(17)5/h6,12-16H,1,7-11H2,2-5H3. The molecule has 4 unspecified atom stereocenters. The molecule has 0 aliphatic carbocycles. The number of ether oxygens (including phenoxy) is 1. The predicted molar refractivity (Wildman–Crippen MR) is 77.9 cm³/mol. The largest absolute Gasteiger partial charge is 0.373 e. The second-order valence-corrected chi connectivity index (χ2v) is 5.48. The summed E-state index contributed by atoms with van der Waals surface area (Å²) in [7, 11) is 0. The quantitative estimate of drug-likeness (QED) is 0.706. The van der Waals surface area contributed by atoms with E-state index in [1.54, 1.807) is 0 Å². The second kappa shape index (κ2) is 7.93. The third-order valence-electron chi connectivity index (χ3n) is 4.16. The molecule has 0 spiro atoms. The molecule has 4 atom stereocenters. The van der Waals surface area contributed by atoms with E-state index in [9.17, 15) is 0 Å². The lowest BCUT2D eigenvalue weighted by molar-refractivity contribution is 0.0129. The first-order valence-corrected chi connectivity index (χ1v) is 7.30. The van der Waals surface area contributed by atoms with Crippen molar-refractivity contribution in [1.29, 1.82) is 0 Å². The molecule has 1 N–H and O–H groups in total. The average Bonchev–Trinajstić information content (AvgIpc) is 2.36. The van der Waals surface area contributed by atoms with Gasteiger partial charge >= 0.3 is 0 Å². The van der Waals surface area contributed by atoms with Gasteiger partial charge in [-0.05, 0) is 32.7 Å². The fourth-order valence-electron chi connectivity index (χ4n) is 2.86. The van der Waals surface area contributed by atoms with Gasteiger partial charge in [-0.25, -0.2) is 0 Å². The van der Waals surface area contributed by atoms with E-state index in [4.69, 9.17) is 4.74 Å². The minimum atomic E-state index is 0.285. The SMILES string of the molecule is C=CCOC(C)CN1CCC(NCC)C(C)C1C. The van der Waals surface area contributed by atoms with Crippen molar-refractivity contribution in [2.45, 2.75) is 52.3 Å². The summed E-state index contributed by atoms with van der Waals surface area (Å²) >= 11 is 0. The molecule has 1 fully saturated rings. The lowest BCUT2D eigenvalue weighted by atomic mass is 9.87. The highest BCUT2D eigenvalue weighted by atomic mass is 16.5. The van der Waals surface area contributed by atoms with Gasteiger partial charge < -0.3 is 10.1 Å². The minimum absolute atomic E-state index is 0.285. The molecular formula is C15H30N2O. The van der Waals surface area contributed by atoms with Gasteiger partial charge in [-0.3, -0.25) is 4.90 Å². The normalized spacial score (nSPS) is 31.2. The van der Waals surface area contributed by atoms with Gasteiger partial charge in [0.2, 0.25) is 0 Å². The second-order valence-electron chi connectivity index (χ2n) is 5.48. The molecule has 3 heteroatoms. The van der Waals surface area contributed by atoms with Crippen LogP contribution in [0, 0.1) is 5.92 Å². The van der Waals surface area contributed by atoms with E-state index in [0.29, 0.717) is 24.6 Å². The van der Waals surface area contributed by atoms with Gasteiger partial charge in [0.1, 0.15) is 0 Å². The molecule has 1 aliphatic heterocycles. The Morgan fingerprint density at radius 3 is 2.83 bits per heavy atom. The fraction of sp³-hybridized carbons (Fsp3) is 0.867. The van der Waals surface area contributed by atoms with Gasteiger partial charge in [-0.15, -0.1) is 6.58 Å². The van der Waals surface area contributed by atoms with E-state index in [2.05, 4.69) is 44.5 Å². The van der Waals surface area contributed by atoms with Crippen molar-refractivity contribution < 1.29 is 4.74 Å². The number of nitrogens with zero attached hydrogens (tertiary/aromatic N) is 1. The fourth-order valence-corrected chi connectivity index (χ4v) is 2.86. The van der Waals surface area contributed by atoms with E-state index in [1.165, 1.54) is 13.0 Å². The molecular weight excluding hydrogens is 224 g/mol. The topological polar surface area (TPSA) is 24.5 Å². The summed E-state index contributed by atoms with van der Waals surface area (Å²) < 4.78 is 5.68. The molecule has 1 saturated heterocycles. The molecule has 106 valence electrons. The van der Waals surface area contributed by atoms with Crippen LogP contribution in [-0.4, -0.2) is 49.3 Å². The molecule has 18 heavy (non-hydrogen) atoms. The highest BCUT2D eigenvalue weighted by Gasteiger charge is 2.32. The van der Waals surface area contributed by atoms with Crippen molar-refractivity contribution >= 4 is 0 Å². The van der Waals surface area contributed by atoms with Crippen LogP contribution in [0.3, 0.4) is 0 Å². The van der Waals surface area contributed by atoms with Crippen molar-refractivity contribution in [2.75, 3.05) is 26.2 Å². The first-order valence-electron chi connectivity index (χ1n) is 7.30. The maximum absolute atomic E-state index is 5.68. The Morgan fingerprint density at radius 2 is 2.22 bits per heavy atom. The summed E-state index contributed by atoms with van der Waals surface area (Å²) in [5.41, 5.74) is 0. The number of nitrogens with one attached hydrogen (secondary N) is 1. The minimum Gasteiger partial charge on any atom is -0.373 e. The van der Waals surface area contributed by atoms with Crippen LogP contribution in [0.25, 0.3) is 0 Å². The zero-order chi connectivity index (χ0) is 13.5. The summed E-state index contributed by atoms with van der Waals surface area (Å²) in [4.78, 5) is 2.56. The molecule has 1 rings (SSSR count). The Bertz CT molecular complexity index is 245. The van der Waals surface area contributed by atoms with Crippen molar-refractivity contribution in [2.24, 2.45) is 5.92 Å². The number of rotatable bonds is 7. The molecule has 0 radical (unpaired) electrons. The summed E-state index contributed by atoms with van der Waals surface area (Å²) in [5.74, 6) is 0.699. The smallest absolute Gasteiger partial charge is 0.0678 e. The van der Waals surface area contributed by atoms with Crippen molar-refractivity contribution in [3.63, 3.8) is 0 Å². The summed E-state index contributed by atoms with van der Waals surface area (Å²) in [5, 5.41) is 3.60. The highest BCUT2D eigenvalue weighted by Crippen LogP contribution is 2.23. The van der Waals surface area contributed by atoms with Crippen LogP contribution in [0.15, 0.2) is 12.7 Å². The molecule has 0 saturated carbocycles. The van der Waals surface area contributed by atoms with Crippen LogP contribution < -0.4 is 5.32 Å². The summed E-state index contributed by atoms with van der Waals surface area (Å²) in [6.45, 7) is 16.7. The van der Waals surface area contributed by atoms with Gasteiger partial charge in [0.05, 0.1) is 12.7 Å². The van der Waals surface area contributed by atoms with Crippen molar-refractivity contribution in [1.82, 2.24) is 10.2 Å². The van der Waals surface area contributed by atoms with Crippen LogP contribution in [-0.2, 0) is 4.74 Å². The molecule has 1 heterocycles. The van der Waals surface area contributed by atoms with Crippen LogP contribution >= 0.6 is 0 Å². The highest BCUT2D eigenvalue weighted by molar-refractivity contribution is 4.89. The predicted octanol–water partition coefficient (Wildman–Crippen LogP) is 2.29. The molecule has 0 amide bonds. The molecule has 0 bridgehead atoms. The number of hydrogen-bond acceptors (Lipinski definition) is 3. The number of hydrogen-bond donors (Lipinski definition) is 1. The molecule has 1 aliphatic rings. The molecule has 0 aromatic carbocycles. The maximum Gasteiger partial charge on any atom is 0.0678 e. The number of likely N-dealkylation sites (tertiary alicyclic amines) is 1. The van der Waals surface area contributed by atoms with E-state index >= 15 is 0 Å². The zero-order valence-electron chi connectivity index (χ0n) is 12.5. The lowest BCUT2D eigenvalue weighted by Crippen LogP contribution is -2.54.